The van der Waals surface area contributed by atoms with Gasteiger partial charge >= 0.3 is 5.97 Å². The second-order valence-electron chi connectivity index (χ2n) is 8.16. The molecule has 0 aliphatic heterocycles. The van der Waals surface area contributed by atoms with Crippen LogP contribution >= 0.6 is 0 Å². The quantitative estimate of drug-likeness (QED) is 0.136. The minimum atomic E-state index is -0.365. The maximum absolute atomic E-state index is 13.1. The van der Waals surface area contributed by atoms with E-state index in [1.165, 1.54) is 0 Å². The summed E-state index contributed by atoms with van der Waals surface area (Å²) in [5, 5.41) is 6.08. The van der Waals surface area contributed by atoms with Gasteiger partial charge in [0, 0.05) is 45.9 Å². The molecule has 0 atom stereocenters. The van der Waals surface area contributed by atoms with Crippen LogP contribution in [0.25, 0.3) is 21.8 Å². The number of hydrogen-bond donors (Lipinski definition) is 0. The minimum Gasteiger partial charge on any atom is -0.340 e. The maximum atomic E-state index is 13.1. The number of carbonyl (C=O) groups is 2. The van der Waals surface area contributed by atoms with E-state index in [4.69, 9.17) is 4.84 Å². The van der Waals surface area contributed by atoms with Crippen molar-refractivity contribution in [1.29, 1.82) is 0 Å². The molecule has 0 amide bonds. The molecule has 4 rings (SSSR count). The number of aryl methyl sites for hydroxylation is 1. The van der Waals surface area contributed by atoms with E-state index in [0.29, 0.717) is 16.8 Å². The van der Waals surface area contributed by atoms with Crippen molar-refractivity contribution in [1.82, 2.24) is 4.57 Å². The zero-order valence-electron chi connectivity index (χ0n) is 19.3. The standard InChI is InChI=1S/C28H28N2O3/c1-4-6-16-30-25-14-12-21(19(3)29-33-27(31)5-2)17-23(25)24-18-22(13-15-26(24)30)28(32)20-10-8-7-9-11-20/h7-15,17-18H,4-6,16H2,1-3H3/b29-19+. The lowest BCUT2D eigenvalue weighted by Gasteiger charge is -2.07. The maximum Gasteiger partial charge on any atom is 0.334 e. The molecular weight excluding hydrogens is 412 g/mol. The van der Waals surface area contributed by atoms with Crippen molar-refractivity contribution in [3.05, 3.63) is 83.4 Å². The molecule has 0 spiro atoms. The Kier molecular flexibility index (Phi) is 6.68. The largest absolute Gasteiger partial charge is 0.340 e. The number of oxime groups is 1. The normalized spacial score (nSPS) is 11.8. The van der Waals surface area contributed by atoms with E-state index in [1.807, 2.05) is 61.5 Å². The Balaban J connectivity index is 1.85. The van der Waals surface area contributed by atoms with Gasteiger partial charge in [-0.05, 0) is 49.2 Å². The van der Waals surface area contributed by atoms with Crippen molar-refractivity contribution in [2.75, 3.05) is 0 Å². The molecule has 0 aliphatic carbocycles. The number of aromatic nitrogens is 1. The number of nitrogens with zero attached hydrogens (tertiary/aromatic N) is 2. The van der Waals surface area contributed by atoms with Gasteiger partial charge in [0.2, 0.25) is 0 Å². The van der Waals surface area contributed by atoms with Crippen molar-refractivity contribution in [3.63, 3.8) is 0 Å². The highest BCUT2D eigenvalue weighted by molar-refractivity contribution is 6.15. The lowest BCUT2D eigenvalue weighted by molar-refractivity contribution is -0.143. The first-order valence-corrected chi connectivity index (χ1v) is 11.4. The fraction of sp³-hybridized carbons (Fsp3) is 0.250. The van der Waals surface area contributed by atoms with Crippen LogP contribution in [0.2, 0.25) is 0 Å². The van der Waals surface area contributed by atoms with Gasteiger partial charge in [0.15, 0.2) is 5.78 Å². The van der Waals surface area contributed by atoms with Crippen LogP contribution in [0, 0.1) is 0 Å². The number of fused-ring (bicyclic) bond motifs is 3. The third-order valence-electron chi connectivity index (χ3n) is 5.89. The number of hydrogen-bond acceptors (Lipinski definition) is 4. The van der Waals surface area contributed by atoms with Gasteiger partial charge in [-0.15, -0.1) is 0 Å². The van der Waals surface area contributed by atoms with Gasteiger partial charge in [0.25, 0.3) is 0 Å². The number of carbonyl (C=O) groups excluding carboxylic acids is 2. The van der Waals surface area contributed by atoms with Crippen molar-refractivity contribution >= 4 is 39.3 Å². The third-order valence-corrected chi connectivity index (χ3v) is 5.89. The Labute approximate surface area is 193 Å². The van der Waals surface area contributed by atoms with Crippen LogP contribution in [0.3, 0.4) is 0 Å². The van der Waals surface area contributed by atoms with E-state index < -0.39 is 0 Å². The smallest absolute Gasteiger partial charge is 0.334 e. The molecule has 0 N–H and O–H groups in total. The molecule has 33 heavy (non-hydrogen) atoms. The van der Waals surface area contributed by atoms with Crippen molar-refractivity contribution in [2.24, 2.45) is 5.16 Å². The van der Waals surface area contributed by atoms with Crippen molar-refractivity contribution in [2.45, 2.75) is 46.6 Å². The van der Waals surface area contributed by atoms with Crippen molar-refractivity contribution in [3.8, 4) is 0 Å². The molecule has 0 saturated carbocycles. The van der Waals surface area contributed by atoms with Gasteiger partial charge in [-0.25, -0.2) is 4.79 Å². The summed E-state index contributed by atoms with van der Waals surface area (Å²) in [5.41, 5.74) is 5.06. The second kappa shape index (κ2) is 9.82. The zero-order chi connectivity index (χ0) is 23.4. The summed E-state index contributed by atoms with van der Waals surface area (Å²) in [7, 11) is 0. The number of benzene rings is 3. The average molecular weight is 441 g/mol. The predicted octanol–water partition coefficient (Wildman–Crippen LogP) is 6.50. The van der Waals surface area contributed by atoms with Crippen LogP contribution in [-0.4, -0.2) is 22.0 Å². The topological polar surface area (TPSA) is 60.7 Å². The molecule has 168 valence electrons. The van der Waals surface area contributed by atoms with Gasteiger partial charge in [-0.1, -0.05) is 61.8 Å². The van der Waals surface area contributed by atoms with E-state index in [-0.39, 0.29) is 18.2 Å². The van der Waals surface area contributed by atoms with E-state index in [2.05, 4.69) is 28.8 Å². The molecule has 0 fully saturated rings. The van der Waals surface area contributed by atoms with E-state index >= 15 is 0 Å². The first-order chi connectivity index (χ1) is 16.0. The van der Waals surface area contributed by atoms with E-state index in [1.54, 1.807) is 6.92 Å². The molecule has 3 aromatic carbocycles. The molecule has 5 heteroatoms. The molecule has 1 aromatic heterocycles. The Morgan fingerprint density at radius 3 is 2.12 bits per heavy atom. The molecule has 0 bridgehead atoms. The minimum absolute atomic E-state index is 0.00679. The molecule has 0 aliphatic rings. The highest BCUT2D eigenvalue weighted by atomic mass is 16.7. The van der Waals surface area contributed by atoms with Gasteiger partial charge in [0.1, 0.15) is 0 Å². The highest BCUT2D eigenvalue weighted by Gasteiger charge is 2.16. The first-order valence-electron chi connectivity index (χ1n) is 11.4. The lowest BCUT2D eigenvalue weighted by atomic mass is 10.0. The SMILES string of the molecule is CCCCn1c2ccc(C(=O)c3ccccc3)cc2c2cc(/C(C)=N/OC(=O)CC)ccc21. The van der Waals surface area contributed by atoms with E-state index in [9.17, 15) is 9.59 Å². The van der Waals surface area contributed by atoms with Crippen LogP contribution in [0.5, 0.6) is 0 Å². The third kappa shape index (κ3) is 4.58. The summed E-state index contributed by atoms with van der Waals surface area (Å²) in [6.45, 7) is 6.65. The lowest BCUT2D eigenvalue weighted by Crippen LogP contribution is -2.02. The van der Waals surface area contributed by atoms with Gasteiger partial charge in [-0.2, -0.15) is 0 Å². The Morgan fingerprint density at radius 2 is 1.48 bits per heavy atom. The molecule has 0 radical (unpaired) electrons. The predicted molar refractivity (Wildman–Crippen MR) is 133 cm³/mol. The highest BCUT2D eigenvalue weighted by Crippen LogP contribution is 2.32. The van der Waals surface area contributed by atoms with Crippen molar-refractivity contribution < 1.29 is 14.4 Å². The molecule has 0 unspecified atom stereocenters. The average Bonchev–Trinajstić information content (AvgIpc) is 3.17. The molecule has 5 nitrogen and oxygen atoms in total. The van der Waals surface area contributed by atoms with Crippen LogP contribution in [0.1, 0.15) is 61.5 Å². The molecular formula is C28H28N2O3. The Bertz CT molecular complexity index is 1350. The monoisotopic (exact) mass is 440 g/mol. The summed E-state index contributed by atoms with van der Waals surface area (Å²) >= 11 is 0. The molecule has 1 heterocycles. The Hall–Kier alpha value is -3.73. The zero-order valence-corrected chi connectivity index (χ0v) is 19.3. The van der Waals surface area contributed by atoms with Gasteiger partial charge < -0.3 is 9.40 Å². The summed E-state index contributed by atoms with van der Waals surface area (Å²) in [6, 6.07) is 21.4. The van der Waals surface area contributed by atoms with E-state index in [0.717, 1.165) is 46.8 Å². The van der Waals surface area contributed by atoms with Crippen LogP contribution < -0.4 is 0 Å². The number of unbranched alkanes of at least 4 members (excludes halogenated alkanes) is 1. The van der Waals surface area contributed by atoms with Gasteiger partial charge in [-0.3, -0.25) is 4.79 Å². The van der Waals surface area contributed by atoms with Crippen LogP contribution in [-0.2, 0) is 16.2 Å². The first kappa shape index (κ1) is 22.5. The Morgan fingerprint density at radius 1 is 0.848 bits per heavy atom. The molecule has 4 aromatic rings. The fourth-order valence-corrected chi connectivity index (χ4v) is 4.02. The molecule has 0 saturated heterocycles. The summed E-state index contributed by atoms with van der Waals surface area (Å²) in [6.07, 6.45) is 2.44. The van der Waals surface area contributed by atoms with Gasteiger partial charge in [0.05, 0.1) is 5.71 Å². The fourth-order valence-electron chi connectivity index (χ4n) is 4.02. The van der Waals surface area contributed by atoms with Crippen LogP contribution in [0.4, 0.5) is 0 Å². The summed E-state index contributed by atoms with van der Waals surface area (Å²) in [4.78, 5) is 29.5. The second-order valence-corrected chi connectivity index (χ2v) is 8.16. The number of ketones is 1. The van der Waals surface area contributed by atoms with Crippen LogP contribution in [0.15, 0.2) is 71.9 Å². The summed E-state index contributed by atoms with van der Waals surface area (Å²) < 4.78 is 2.32. The summed E-state index contributed by atoms with van der Waals surface area (Å²) in [5.74, 6) is -0.358. The number of rotatable bonds is 8.